The van der Waals surface area contributed by atoms with Crippen LogP contribution in [0.15, 0.2) is 12.3 Å². The molecule has 1 amide bonds. The molecule has 8 nitrogen and oxygen atoms in total. The number of methoxy groups -OCH3 is 1. The number of rotatable bonds is 4. The molecule has 10 heteroatoms. The molecule has 2 aromatic rings. The highest BCUT2D eigenvalue weighted by molar-refractivity contribution is 5.69. The van der Waals surface area contributed by atoms with E-state index in [0.717, 1.165) is 24.1 Å². The van der Waals surface area contributed by atoms with Gasteiger partial charge in [0.2, 0.25) is 0 Å². The number of carbonyl (C=O) groups excluding carboxylic acids is 1. The number of pyridine rings is 1. The van der Waals surface area contributed by atoms with Crippen molar-refractivity contribution in [1.29, 1.82) is 0 Å². The van der Waals surface area contributed by atoms with Crippen LogP contribution in [-0.4, -0.2) is 60.6 Å². The Hall–Kier alpha value is -2.75. The molecule has 176 valence electrons. The number of nitrogens with one attached hydrogen (secondary N) is 1. The summed E-state index contributed by atoms with van der Waals surface area (Å²) in [5.41, 5.74) is 2.45. The highest BCUT2D eigenvalue weighted by Gasteiger charge is 2.33. The molecule has 0 bridgehead atoms. The van der Waals surface area contributed by atoms with Crippen molar-refractivity contribution in [3.8, 4) is 0 Å². The van der Waals surface area contributed by atoms with Crippen LogP contribution < -0.4 is 10.2 Å². The SMILES string of the molecule is CNC.COC(=O)N1CCc2c(c(N(C)c3cc(C(F)F)c(C)cn3)nn2C2CCC2)C1. The van der Waals surface area contributed by atoms with Crippen LogP contribution in [0.2, 0.25) is 0 Å². The van der Waals surface area contributed by atoms with Crippen molar-refractivity contribution >= 4 is 17.7 Å². The van der Waals surface area contributed by atoms with E-state index >= 15 is 0 Å². The molecule has 0 radical (unpaired) electrons. The van der Waals surface area contributed by atoms with Crippen molar-refractivity contribution in [2.24, 2.45) is 0 Å². The number of anilines is 2. The number of aryl methyl sites for hydroxylation is 1. The number of amides is 1. The van der Waals surface area contributed by atoms with E-state index in [-0.39, 0.29) is 11.7 Å². The van der Waals surface area contributed by atoms with Gasteiger partial charge in [-0.05, 0) is 51.9 Å². The van der Waals surface area contributed by atoms with Gasteiger partial charge in [-0.1, -0.05) is 0 Å². The Morgan fingerprint density at radius 2 is 2.03 bits per heavy atom. The lowest BCUT2D eigenvalue weighted by Gasteiger charge is -2.31. The highest BCUT2D eigenvalue weighted by Crippen LogP contribution is 2.39. The molecule has 2 aromatic heterocycles. The summed E-state index contributed by atoms with van der Waals surface area (Å²) < 4.78 is 33.7. The number of halogens is 2. The molecule has 3 heterocycles. The van der Waals surface area contributed by atoms with Crippen LogP contribution in [0.3, 0.4) is 0 Å². The van der Waals surface area contributed by atoms with Crippen LogP contribution in [0.1, 0.15) is 54.1 Å². The van der Waals surface area contributed by atoms with E-state index in [4.69, 9.17) is 9.84 Å². The Balaban J connectivity index is 0.000000913. The molecule has 0 saturated heterocycles. The van der Waals surface area contributed by atoms with Crippen molar-refractivity contribution in [3.05, 3.63) is 34.6 Å². The predicted molar refractivity (Wildman–Crippen MR) is 119 cm³/mol. The summed E-state index contributed by atoms with van der Waals surface area (Å²) in [5.74, 6) is 1.05. The molecular formula is C22H32F2N6O2. The molecule has 0 spiro atoms. The summed E-state index contributed by atoms with van der Waals surface area (Å²) in [6.45, 7) is 2.57. The molecule has 1 fully saturated rings. The zero-order valence-electron chi connectivity index (χ0n) is 19.4. The second-order valence-corrected chi connectivity index (χ2v) is 8.18. The standard InChI is InChI=1S/C20H25F2N5O2.C2H7N/c1-12-10-23-17(9-14(12)18(21)22)25(2)19-15-11-26(20(28)29-3)8-7-16(15)27(24-19)13-5-4-6-13;1-3-2/h9-10,13,18H,4-8,11H2,1-3H3;3H,1-2H3. The molecule has 0 atom stereocenters. The maximum absolute atomic E-state index is 13.4. The fourth-order valence-corrected chi connectivity index (χ4v) is 3.97. The van der Waals surface area contributed by atoms with Gasteiger partial charge < -0.3 is 19.9 Å². The number of hydrogen-bond donors (Lipinski definition) is 1. The minimum Gasteiger partial charge on any atom is -0.453 e. The Labute approximate surface area is 187 Å². The van der Waals surface area contributed by atoms with E-state index < -0.39 is 6.43 Å². The molecular weight excluding hydrogens is 418 g/mol. The van der Waals surface area contributed by atoms with Crippen molar-refractivity contribution in [3.63, 3.8) is 0 Å². The van der Waals surface area contributed by atoms with Crippen molar-refractivity contribution in [1.82, 2.24) is 25.0 Å². The Morgan fingerprint density at radius 1 is 1.34 bits per heavy atom. The van der Waals surface area contributed by atoms with Gasteiger partial charge in [-0.3, -0.25) is 4.68 Å². The maximum Gasteiger partial charge on any atom is 0.409 e. The third-order valence-electron chi connectivity index (χ3n) is 5.95. The van der Waals surface area contributed by atoms with E-state index in [2.05, 4.69) is 15.0 Å². The number of ether oxygens (including phenoxy) is 1. The summed E-state index contributed by atoms with van der Waals surface area (Å²) >= 11 is 0. The van der Waals surface area contributed by atoms with Crippen LogP contribution in [-0.2, 0) is 17.7 Å². The zero-order chi connectivity index (χ0) is 23.4. The maximum atomic E-state index is 13.4. The molecule has 1 aliphatic carbocycles. The Morgan fingerprint density at radius 3 is 2.59 bits per heavy atom. The largest absolute Gasteiger partial charge is 0.453 e. The highest BCUT2D eigenvalue weighted by atomic mass is 19.3. The van der Waals surface area contributed by atoms with Crippen LogP contribution in [0.5, 0.6) is 0 Å². The van der Waals surface area contributed by atoms with Gasteiger partial charge in [-0.25, -0.2) is 18.6 Å². The first-order valence-corrected chi connectivity index (χ1v) is 10.8. The zero-order valence-corrected chi connectivity index (χ0v) is 19.4. The molecule has 32 heavy (non-hydrogen) atoms. The summed E-state index contributed by atoms with van der Waals surface area (Å²) in [6.07, 6.45) is 2.53. The smallest absolute Gasteiger partial charge is 0.409 e. The fraction of sp³-hybridized carbons (Fsp3) is 0.591. The number of fused-ring (bicyclic) bond motifs is 1. The van der Waals surface area contributed by atoms with Gasteiger partial charge in [0.25, 0.3) is 6.43 Å². The van der Waals surface area contributed by atoms with Crippen molar-refractivity contribution < 1.29 is 18.3 Å². The van der Waals surface area contributed by atoms with Gasteiger partial charge in [0.05, 0.1) is 19.7 Å². The number of carbonyl (C=O) groups is 1. The fourth-order valence-electron chi connectivity index (χ4n) is 3.97. The van der Waals surface area contributed by atoms with E-state index in [1.165, 1.54) is 25.8 Å². The monoisotopic (exact) mass is 450 g/mol. The van der Waals surface area contributed by atoms with E-state index in [1.807, 2.05) is 14.1 Å². The van der Waals surface area contributed by atoms with Gasteiger partial charge in [0.15, 0.2) is 5.82 Å². The minimum absolute atomic E-state index is 0.0367. The molecule has 0 aromatic carbocycles. The minimum atomic E-state index is -2.57. The lowest BCUT2D eigenvalue weighted by Crippen LogP contribution is -2.37. The van der Waals surface area contributed by atoms with Gasteiger partial charge in [-0.15, -0.1) is 0 Å². The number of aromatic nitrogens is 3. The summed E-state index contributed by atoms with van der Waals surface area (Å²) in [6, 6.07) is 1.77. The number of nitrogens with zero attached hydrogens (tertiary/aromatic N) is 5. The molecule has 4 rings (SSSR count). The second-order valence-electron chi connectivity index (χ2n) is 8.18. The third-order valence-corrected chi connectivity index (χ3v) is 5.95. The van der Waals surface area contributed by atoms with E-state index in [0.29, 0.717) is 42.8 Å². The van der Waals surface area contributed by atoms with Gasteiger partial charge in [-0.2, -0.15) is 5.10 Å². The number of hydrogen-bond acceptors (Lipinski definition) is 6. The summed E-state index contributed by atoms with van der Waals surface area (Å²) in [4.78, 5) is 19.8. The topological polar surface area (TPSA) is 75.5 Å². The van der Waals surface area contributed by atoms with Crippen molar-refractivity contribution in [2.75, 3.05) is 39.7 Å². The molecule has 2 aliphatic rings. The third kappa shape index (κ3) is 4.69. The van der Waals surface area contributed by atoms with E-state index in [1.54, 1.807) is 23.8 Å². The summed E-state index contributed by atoms with van der Waals surface area (Å²) in [5, 5.41) is 7.59. The lowest BCUT2D eigenvalue weighted by molar-refractivity contribution is 0.118. The van der Waals surface area contributed by atoms with Crippen LogP contribution in [0.4, 0.5) is 25.2 Å². The summed E-state index contributed by atoms with van der Waals surface area (Å²) in [7, 11) is 6.89. The van der Waals surface area contributed by atoms with Crippen LogP contribution >= 0.6 is 0 Å². The Kier molecular flexibility index (Phi) is 7.65. The molecule has 1 aliphatic heterocycles. The quantitative estimate of drug-likeness (QED) is 0.760. The average molecular weight is 451 g/mol. The van der Waals surface area contributed by atoms with Crippen molar-refractivity contribution in [2.45, 2.75) is 51.6 Å². The predicted octanol–water partition coefficient (Wildman–Crippen LogP) is 3.98. The number of alkyl halides is 2. The first kappa shape index (κ1) is 23.9. The first-order valence-electron chi connectivity index (χ1n) is 10.8. The molecule has 0 unspecified atom stereocenters. The van der Waals surface area contributed by atoms with Gasteiger partial charge >= 0.3 is 6.09 Å². The van der Waals surface area contributed by atoms with Crippen LogP contribution in [0.25, 0.3) is 0 Å². The van der Waals surface area contributed by atoms with Gasteiger partial charge in [0, 0.05) is 43.0 Å². The average Bonchev–Trinajstić information content (AvgIpc) is 3.10. The normalized spacial score (nSPS) is 15.6. The Bertz CT molecular complexity index is 945. The first-order chi connectivity index (χ1) is 15.3. The lowest BCUT2D eigenvalue weighted by atomic mass is 9.92. The molecule has 1 saturated carbocycles. The van der Waals surface area contributed by atoms with Crippen LogP contribution in [0, 0.1) is 6.92 Å². The molecule has 1 N–H and O–H groups in total. The van der Waals surface area contributed by atoms with Gasteiger partial charge in [0.1, 0.15) is 5.82 Å². The second kappa shape index (κ2) is 10.2. The van der Waals surface area contributed by atoms with E-state index in [9.17, 15) is 13.6 Å².